The van der Waals surface area contributed by atoms with Gasteiger partial charge in [-0.3, -0.25) is 4.79 Å². The van der Waals surface area contributed by atoms with E-state index < -0.39 is 6.04 Å². The molecule has 0 aromatic heterocycles. The lowest BCUT2D eigenvalue weighted by atomic mass is 9.86. The molecule has 0 aliphatic carbocycles. The Balaban J connectivity index is 0.00000312. The van der Waals surface area contributed by atoms with Gasteiger partial charge >= 0.3 is 6.03 Å². The summed E-state index contributed by atoms with van der Waals surface area (Å²) >= 11 is 0. The number of piperidine rings is 1. The highest BCUT2D eigenvalue weighted by atomic mass is 35.5. The third-order valence-corrected chi connectivity index (χ3v) is 4.37. The lowest BCUT2D eigenvalue weighted by Crippen LogP contribution is -2.54. The molecule has 1 saturated heterocycles. The van der Waals surface area contributed by atoms with E-state index in [4.69, 9.17) is 5.73 Å². The predicted octanol–water partition coefficient (Wildman–Crippen LogP) is 2.59. The maximum atomic E-state index is 12.2. The molecule has 0 spiro atoms. The predicted molar refractivity (Wildman–Crippen MR) is 103 cm³/mol. The van der Waals surface area contributed by atoms with Crippen LogP contribution < -0.4 is 16.4 Å². The van der Waals surface area contributed by atoms with Gasteiger partial charge in [0.15, 0.2) is 0 Å². The van der Waals surface area contributed by atoms with Gasteiger partial charge in [0.25, 0.3) is 0 Å². The van der Waals surface area contributed by atoms with Crippen LogP contribution in [0.15, 0.2) is 30.3 Å². The summed E-state index contributed by atoms with van der Waals surface area (Å²) in [6.07, 6.45) is 1.48. The Hall–Kier alpha value is -1.79. The first kappa shape index (κ1) is 21.3. The van der Waals surface area contributed by atoms with Gasteiger partial charge < -0.3 is 21.3 Å². The molecule has 0 bridgehead atoms. The lowest BCUT2D eigenvalue weighted by molar-refractivity contribution is -0.125. The fourth-order valence-corrected chi connectivity index (χ4v) is 2.64. The van der Waals surface area contributed by atoms with Crippen molar-refractivity contribution in [3.8, 4) is 0 Å². The van der Waals surface area contributed by atoms with E-state index in [1.807, 2.05) is 51.1 Å². The number of carbonyl (C=O) groups excluding carboxylic acids is 2. The Kier molecular flexibility index (Phi) is 7.70. The van der Waals surface area contributed by atoms with Crippen LogP contribution in [-0.2, 0) is 4.79 Å². The van der Waals surface area contributed by atoms with Crippen molar-refractivity contribution in [1.82, 2.24) is 10.2 Å². The van der Waals surface area contributed by atoms with Gasteiger partial charge in [0.1, 0.15) is 0 Å². The maximum Gasteiger partial charge on any atom is 0.321 e. The number of nitrogens with zero attached hydrogens (tertiary/aromatic N) is 1. The molecule has 25 heavy (non-hydrogen) atoms. The molecule has 1 atom stereocenters. The van der Waals surface area contributed by atoms with Crippen LogP contribution >= 0.6 is 12.4 Å². The SMILES string of the molecule is CC(C)(C)[C@H](N)C(=O)NC1CCN(C(=O)Nc2ccccc2)CC1.Cl. The van der Waals surface area contributed by atoms with Crippen LogP contribution in [0.1, 0.15) is 33.6 Å². The van der Waals surface area contributed by atoms with Gasteiger partial charge in [-0.2, -0.15) is 0 Å². The van der Waals surface area contributed by atoms with Crippen LogP contribution in [0.2, 0.25) is 0 Å². The molecule has 0 unspecified atom stereocenters. The fraction of sp³-hybridized carbons (Fsp3) is 0.556. The second kappa shape index (κ2) is 9.06. The van der Waals surface area contributed by atoms with Crippen molar-refractivity contribution < 1.29 is 9.59 Å². The minimum atomic E-state index is -0.531. The summed E-state index contributed by atoms with van der Waals surface area (Å²) in [6.45, 7) is 7.10. The molecular formula is C18H29ClN4O2. The zero-order valence-corrected chi connectivity index (χ0v) is 15.9. The molecule has 1 aromatic carbocycles. The van der Waals surface area contributed by atoms with E-state index in [0.29, 0.717) is 13.1 Å². The zero-order valence-electron chi connectivity index (χ0n) is 15.1. The van der Waals surface area contributed by atoms with Crippen molar-refractivity contribution >= 4 is 30.0 Å². The van der Waals surface area contributed by atoms with Crippen molar-refractivity contribution in [3.05, 3.63) is 30.3 Å². The number of anilines is 1. The first-order valence-electron chi connectivity index (χ1n) is 8.44. The van der Waals surface area contributed by atoms with Crippen LogP contribution in [0.4, 0.5) is 10.5 Å². The van der Waals surface area contributed by atoms with Gasteiger partial charge in [0.05, 0.1) is 6.04 Å². The van der Waals surface area contributed by atoms with Crippen molar-refractivity contribution in [2.45, 2.75) is 45.7 Å². The molecule has 1 aliphatic heterocycles. The number of hydrogen-bond acceptors (Lipinski definition) is 3. The van der Waals surface area contributed by atoms with E-state index in [-0.39, 0.29) is 35.8 Å². The van der Waals surface area contributed by atoms with Crippen LogP contribution in [-0.4, -0.2) is 42.0 Å². The molecular weight excluding hydrogens is 340 g/mol. The summed E-state index contributed by atoms with van der Waals surface area (Å²) in [5.74, 6) is -0.116. The Bertz CT molecular complexity index is 566. The Morgan fingerprint density at radius 3 is 2.24 bits per heavy atom. The Morgan fingerprint density at radius 2 is 1.72 bits per heavy atom. The van der Waals surface area contributed by atoms with Gasteiger partial charge in [-0.05, 0) is 30.4 Å². The molecule has 2 rings (SSSR count). The number of likely N-dealkylation sites (tertiary alicyclic amines) is 1. The van der Waals surface area contributed by atoms with Gasteiger partial charge in [-0.1, -0.05) is 39.0 Å². The number of rotatable bonds is 3. The van der Waals surface area contributed by atoms with Crippen LogP contribution in [0.3, 0.4) is 0 Å². The van der Waals surface area contributed by atoms with Crippen LogP contribution in [0, 0.1) is 5.41 Å². The largest absolute Gasteiger partial charge is 0.352 e. The average molecular weight is 369 g/mol. The molecule has 1 heterocycles. The van der Waals surface area contributed by atoms with Gasteiger partial charge in [-0.15, -0.1) is 12.4 Å². The van der Waals surface area contributed by atoms with Crippen molar-refractivity contribution in [1.29, 1.82) is 0 Å². The highest BCUT2D eigenvalue weighted by molar-refractivity contribution is 5.89. The minimum Gasteiger partial charge on any atom is -0.352 e. The molecule has 0 radical (unpaired) electrons. The Morgan fingerprint density at radius 1 is 1.16 bits per heavy atom. The summed E-state index contributed by atoms with van der Waals surface area (Å²) in [5, 5.41) is 5.90. The van der Waals surface area contributed by atoms with E-state index >= 15 is 0 Å². The number of halogens is 1. The molecule has 140 valence electrons. The Labute approximate surface area is 155 Å². The minimum absolute atomic E-state index is 0. The van der Waals surface area contributed by atoms with E-state index in [1.54, 1.807) is 4.90 Å². The maximum absolute atomic E-state index is 12.2. The van der Waals surface area contributed by atoms with Gasteiger partial charge in [0, 0.05) is 24.8 Å². The second-order valence-electron chi connectivity index (χ2n) is 7.41. The number of nitrogens with one attached hydrogen (secondary N) is 2. The van der Waals surface area contributed by atoms with Gasteiger partial charge in [0.2, 0.25) is 5.91 Å². The molecule has 6 nitrogen and oxygen atoms in total. The quantitative estimate of drug-likeness (QED) is 0.766. The second-order valence-corrected chi connectivity index (χ2v) is 7.41. The molecule has 0 saturated carbocycles. The van der Waals surface area contributed by atoms with Crippen molar-refractivity contribution in [2.75, 3.05) is 18.4 Å². The molecule has 1 aliphatic rings. The number of nitrogens with two attached hydrogens (primary N) is 1. The number of hydrogen-bond donors (Lipinski definition) is 3. The van der Waals surface area contributed by atoms with Crippen molar-refractivity contribution in [2.24, 2.45) is 11.1 Å². The highest BCUT2D eigenvalue weighted by Crippen LogP contribution is 2.18. The monoisotopic (exact) mass is 368 g/mol. The summed E-state index contributed by atoms with van der Waals surface area (Å²) in [5.41, 5.74) is 6.51. The smallest absolute Gasteiger partial charge is 0.321 e. The average Bonchev–Trinajstić information content (AvgIpc) is 2.54. The number of carbonyl (C=O) groups is 2. The molecule has 4 N–H and O–H groups in total. The number of amides is 3. The number of benzene rings is 1. The summed E-state index contributed by atoms with van der Waals surface area (Å²) in [4.78, 5) is 26.2. The highest BCUT2D eigenvalue weighted by Gasteiger charge is 2.30. The fourth-order valence-electron chi connectivity index (χ4n) is 2.64. The molecule has 1 fully saturated rings. The lowest BCUT2D eigenvalue weighted by Gasteiger charge is -2.34. The van der Waals surface area contributed by atoms with E-state index in [2.05, 4.69) is 10.6 Å². The summed E-state index contributed by atoms with van der Waals surface area (Å²) in [6, 6.07) is 8.84. The van der Waals surface area contributed by atoms with Gasteiger partial charge in [-0.25, -0.2) is 4.79 Å². The molecule has 3 amide bonds. The first-order chi connectivity index (χ1) is 11.3. The van der Waals surface area contributed by atoms with E-state index in [1.165, 1.54) is 0 Å². The molecule has 1 aromatic rings. The zero-order chi connectivity index (χ0) is 17.7. The normalized spacial score (nSPS) is 16.6. The van der Waals surface area contributed by atoms with E-state index in [0.717, 1.165) is 18.5 Å². The summed E-state index contributed by atoms with van der Waals surface area (Å²) < 4.78 is 0. The van der Waals surface area contributed by atoms with Crippen LogP contribution in [0.25, 0.3) is 0 Å². The third-order valence-electron chi connectivity index (χ3n) is 4.37. The number of urea groups is 1. The topological polar surface area (TPSA) is 87.5 Å². The summed E-state index contributed by atoms with van der Waals surface area (Å²) in [7, 11) is 0. The standard InChI is InChI=1S/C18H28N4O2.ClH/c1-18(2,3)15(19)16(23)20-14-9-11-22(12-10-14)17(24)21-13-7-5-4-6-8-13;/h4-8,14-15H,9-12,19H2,1-3H3,(H,20,23)(H,21,24);1H/t15-;/m1./s1. The van der Waals surface area contributed by atoms with Crippen molar-refractivity contribution in [3.63, 3.8) is 0 Å². The van der Waals surface area contributed by atoms with E-state index in [9.17, 15) is 9.59 Å². The van der Waals surface area contributed by atoms with Crippen LogP contribution in [0.5, 0.6) is 0 Å². The third kappa shape index (κ3) is 6.21. The number of para-hydroxylation sites is 1. The first-order valence-corrected chi connectivity index (χ1v) is 8.44. The molecule has 7 heteroatoms.